The van der Waals surface area contributed by atoms with Gasteiger partial charge in [0.05, 0.1) is 11.4 Å². The summed E-state index contributed by atoms with van der Waals surface area (Å²) in [6.07, 6.45) is 0. The van der Waals surface area contributed by atoms with Gasteiger partial charge in [0.15, 0.2) is 16.1 Å². The van der Waals surface area contributed by atoms with E-state index in [2.05, 4.69) is 39.6 Å². The molecular weight excluding hydrogens is 474 g/mol. The topological polar surface area (TPSA) is 72.7 Å². The zero-order valence-corrected chi connectivity index (χ0v) is 20.9. The summed E-state index contributed by atoms with van der Waals surface area (Å²) in [6, 6.07) is 28.1. The van der Waals surface area contributed by atoms with Gasteiger partial charge in [0, 0.05) is 21.7 Å². The number of aryl methyl sites for hydroxylation is 2. The predicted molar refractivity (Wildman–Crippen MR) is 143 cm³/mol. The van der Waals surface area contributed by atoms with Crippen molar-refractivity contribution in [2.75, 3.05) is 11.1 Å². The molecule has 5 aromatic rings. The van der Waals surface area contributed by atoms with E-state index in [0.717, 1.165) is 33.2 Å². The average molecular weight is 498 g/mol. The van der Waals surface area contributed by atoms with E-state index >= 15 is 0 Å². The number of benzene rings is 3. The molecule has 0 saturated carbocycles. The van der Waals surface area contributed by atoms with Gasteiger partial charge in [-0.05, 0) is 26.0 Å². The molecule has 0 unspecified atom stereocenters. The quantitative estimate of drug-likeness (QED) is 0.263. The highest BCUT2D eigenvalue weighted by atomic mass is 32.2. The van der Waals surface area contributed by atoms with Gasteiger partial charge in [-0.2, -0.15) is 0 Å². The van der Waals surface area contributed by atoms with Gasteiger partial charge in [0.1, 0.15) is 0 Å². The zero-order chi connectivity index (χ0) is 24.2. The van der Waals surface area contributed by atoms with Crippen LogP contribution in [0.15, 0.2) is 90.1 Å². The van der Waals surface area contributed by atoms with Crippen LogP contribution in [0.3, 0.4) is 0 Å². The molecule has 5 rings (SSSR count). The van der Waals surface area contributed by atoms with Crippen molar-refractivity contribution in [1.82, 2.24) is 19.7 Å². The van der Waals surface area contributed by atoms with E-state index in [1.54, 1.807) is 0 Å². The number of carbonyl (C=O) groups is 1. The lowest BCUT2D eigenvalue weighted by molar-refractivity contribution is -0.113. The fourth-order valence-corrected chi connectivity index (χ4v) is 5.27. The summed E-state index contributed by atoms with van der Waals surface area (Å²) in [6.45, 7) is 4.07. The molecule has 1 amide bonds. The lowest BCUT2D eigenvalue weighted by Gasteiger charge is -2.10. The molecule has 0 fully saturated rings. The van der Waals surface area contributed by atoms with Crippen molar-refractivity contribution in [2.24, 2.45) is 0 Å². The first-order valence-electron chi connectivity index (χ1n) is 11.1. The molecule has 0 aliphatic heterocycles. The van der Waals surface area contributed by atoms with Crippen LogP contribution in [0.2, 0.25) is 0 Å². The number of rotatable bonds is 7. The number of thiazole rings is 1. The number of aromatic nitrogens is 4. The SMILES string of the molecule is Cc1ccc(-n2c(SCC(=O)Nc3nc(-c4ccccc4)c(C)s3)nnc2-c2ccccc2)cc1. The Bertz CT molecular complexity index is 1440. The van der Waals surface area contributed by atoms with E-state index < -0.39 is 0 Å². The maximum Gasteiger partial charge on any atom is 0.236 e. The van der Waals surface area contributed by atoms with Crippen LogP contribution in [0.25, 0.3) is 28.3 Å². The molecule has 2 aromatic heterocycles. The highest BCUT2D eigenvalue weighted by Crippen LogP contribution is 2.31. The highest BCUT2D eigenvalue weighted by Gasteiger charge is 2.18. The molecule has 0 spiro atoms. The maximum atomic E-state index is 12.8. The summed E-state index contributed by atoms with van der Waals surface area (Å²) >= 11 is 2.83. The van der Waals surface area contributed by atoms with Crippen molar-refractivity contribution in [3.05, 3.63) is 95.4 Å². The second-order valence-electron chi connectivity index (χ2n) is 7.97. The molecule has 35 heavy (non-hydrogen) atoms. The third-order valence-electron chi connectivity index (χ3n) is 5.38. The van der Waals surface area contributed by atoms with Gasteiger partial charge in [-0.3, -0.25) is 9.36 Å². The fourth-order valence-electron chi connectivity index (χ4n) is 3.66. The number of amides is 1. The van der Waals surface area contributed by atoms with E-state index in [-0.39, 0.29) is 11.7 Å². The van der Waals surface area contributed by atoms with Gasteiger partial charge < -0.3 is 5.32 Å². The number of carbonyl (C=O) groups excluding carboxylic acids is 1. The second kappa shape index (κ2) is 10.2. The Morgan fingerprint density at radius 1 is 0.886 bits per heavy atom. The largest absolute Gasteiger partial charge is 0.301 e. The van der Waals surface area contributed by atoms with Gasteiger partial charge in [0.2, 0.25) is 5.91 Å². The fraction of sp³-hybridized carbons (Fsp3) is 0.111. The first-order chi connectivity index (χ1) is 17.1. The summed E-state index contributed by atoms with van der Waals surface area (Å²) < 4.78 is 1.99. The third kappa shape index (κ3) is 5.18. The van der Waals surface area contributed by atoms with Crippen LogP contribution in [0.4, 0.5) is 5.13 Å². The van der Waals surface area contributed by atoms with Crippen molar-refractivity contribution in [1.29, 1.82) is 0 Å². The number of hydrogen-bond acceptors (Lipinski definition) is 6. The standard InChI is InChI=1S/C27H23N5OS2/c1-18-13-15-22(16-14-18)32-25(21-11-7-4-8-12-21)30-31-27(32)34-17-23(33)28-26-29-24(19(2)35-26)20-9-5-3-6-10-20/h3-16H,17H2,1-2H3,(H,28,29,33). The number of thioether (sulfide) groups is 1. The van der Waals surface area contributed by atoms with Crippen molar-refractivity contribution in [3.63, 3.8) is 0 Å². The minimum atomic E-state index is -0.136. The minimum absolute atomic E-state index is 0.136. The molecule has 6 nitrogen and oxygen atoms in total. The van der Waals surface area contributed by atoms with E-state index in [9.17, 15) is 4.79 Å². The molecule has 8 heteroatoms. The molecule has 0 saturated heterocycles. The molecule has 1 N–H and O–H groups in total. The Balaban J connectivity index is 1.35. The van der Waals surface area contributed by atoms with Crippen molar-refractivity contribution in [2.45, 2.75) is 19.0 Å². The molecule has 3 aromatic carbocycles. The zero-order valence-electron chi connectivity index (χ0n) is 19.3. The monoisotopic (exact) mass is 497 g/mol. The lowest BCUT2D eigenvalue weighted by atomic mass is 10.1. The summed E-state index contributed by atoms with van der Waals surface area (Å²) in [4.78, 5) is 18.5. The van der Waals surface area contributed by atoms with E-state index in [1.165, 1.54) is 28.7 Å². The number of nitrogens with one attached hydrogen (secondary N) is 1. The first kappa shape index (κ1) is 23.0. The third-order valence-corrected chi connectivity index (χ3v) is 7.20. The minimum Gasteiger partial charge on any atom is -0.301 e. The predicted octanol–water partition coefficient (Wildman–Crippen LogP) is 6.41. The van der Waals surface area contributed by atoms with E-state index in [0.29, 0.717) is 10.3 Å². The molecule has 0 aliphatic carbocycles. The number of nitrogens with zero attached hydrogens (tertiary/aromatic N) is 4. The van der Waals surface area contributed by atoms with Crippen LogP contribution < -0.4 is 5.32 Å². The van der Waals surface area contributed by atoms with E-state index in [1.807, 2.05) is 84.3 Å². The van der Waals surface area contributed by atoms with Crippen LogP contribution in [0, 0.1) is 13.8 Å². The first-order valence-corrected chi connectivity index (χ1v) is 12.9. The Hall–Kier alpha value is -3.75. The van der Waals surface area contributed by atoms with Crippen molar-refractivity contribution < 1.29 is 4.79 Å². The number of hydrogen-bond donors (Lipinski definition) is 1. The Morgan fingerprint density at radius 3 is 2.23 bits per heavy atom. The molecule has 0 aliphatic rings. The van der Waals surface area contributed by atoms with Crippen LogP contribution >= 0.6 is 23.1 Å². The highest BCUT2D eigenvalue weighted by molar-refractivity contribution is 7.99. The van der Waals surface area contributed by atoms with Crippen molar-refractivity contribution >= 4 is 34.1 Å². The normalized spacial score (nSPS) is 10.9. The maximum absolute atomic E-state index is 12.8. The smallest absolute Gasteiger partial charge is 0.236 e. The van der Waals surface area contributed by atoms with Gasteiger partial charge in [0.25, 0.3) is 0 Å². The molecule has 0 radical (unpaired) electrons. The Kier molecular flexibility index (Phi) is 6.74. The van der Waals surface area contributed by atoms with Gasteiger partial charge >= 0.3 is 0 Å². The van der Waals surface area contributed by atoms with Crippen LogP contribution in [-0.4, -0.2) is 31.4 Å². The Labute approximate surface area is 212 Å². The second-order valence-corrected chi connectivity index (χ2v) is 10.1. The summed E-state index contributed by atoms with van der Waals surface area (Å²) in [5, 5.41) is 13.0. The van der Waals surface area contributed by atoms with Crippen molar-refractivity contribution in [3.8, 4) is 28.3 Å². The lowest BCUT2D eigenvalue weighted by Crippen LogP contribution is -2.14. The van der Waals surface area contributed by atoms with Gasteiger partial charge in [-0.1, -0.05) is 90.1 Å². The van der Waals surface area contributed by atoms with Crippen LogP contribution in [-0.2, 0) is 4.79 Å². The summed E-state index contributed by atoms with van der Waals surface area (Å²) in [7, 11) is 0. The van der Waals surface area contributed by atoms with Gasteiger partial charge in [-0.15, -0.1) is 21.5 Å². The molecule has 2 heterocycles. The van der Waals surface area contributed by atoms with E-state index in [4.69, 9.17) is 0 Å². The Morgan fingerprint density at radius 2 is 1.54 bits per heavy atom. The average Bonchev–Trinajstić information content (AvgIpc) is 3.47. The van der Waals surface area contributed by atoms with Gasteiger partial charge in [-0.25, -0.2) is 4.98 Å². The van der Waals surface area contributed by atoms with Crippen LogP contribution in [0.1, 0.15) is 10.4 Å². The molecule has 0 bridgehead atoms. The molecule has 174 valence electrons. The van der Waals surface area contributed by atoms with Crippen LogP contribution in [0.5, 0.6) is 0 Å². The molecule has 0 atom stereocenters. The summed E-state index contributed by atoms with van der Waals surface area (Å²) in [5.74, 6) is 0.793. The molecular formula is C27H23N5OS2. The summed E-state index contributed by atoms with van der Waals surface area (Å²) in [5.41, 5.74) is 5.01. The number of anilines is 1.